The highest BCUT2D eigenvalue weighted by atomic mass is 32.1. The topological polar surface area (TPSA) is 51.1 Å². The predicted octanol–water partition coefficient (Wildman–Crippen LogP) is 2.38. The molecule has 6 heteroatoms. The van der Waals surface area contributed by atoms with Crippen molar-refractivity contribution in [1.82, 2.24) is 15.0 Å². The molecule has 0 N–H and O–H groups in total. The number of ether oxygens (including phenoxy) is 1. The molecule has 106 valence electrons. The SMILES string of the molecule is Cc1csc(CN(C)c2cc(C3CCOC3)ncn2)n1. The van der Waals surface area contributed by atoms with Crippen LogP contribution in [0.5, 0.6) is 0 Å². The summed E-state index contributed by atoms with van der Waals surface area (Å²) in [5, 5.41) is 3.18. The molecule has 0 bridgehead atoms. The molecule has 2 aromatic rings. The number of aromatic nitrogens is 3. The Balaban J connectivity index is 1.73. The second-order valence-corrected chi connectivity index (χ2v) is 6.04. The van der Waals surface area contributed by atoms with E-state index in [0.717, 1.165) is 48.4 Å². The zero-order valence-corrected chi connectivity index (χ0v) is 12.6. The van der Waals surface area contributed by atoms with Gasteiger partial charge in [0.1, 0.15) is 17.2 Å². The Bertz CT molecular complexity index is 580. The van der Waals surface area contributed by atoms with Crippen LogP contribution in [-0.4, -0.2) is 35.2 Å². The molecular formula is C14H18N4OS. The highest BCUT2D eigenvalue weighted by Crippen LogP contribution is 2.25. The molecule has 1 atom stereocenters. The maximum Gasteiger partial charge on any atom is 0.132 e. The van der Waals surface area contributed by atoms with E-state index in [0.29, 0.717) is 5.92 Å². The molecule has 3 heterocycles. The highest BCUT2D eigenvalue weighted by molar-refractivity contribution is 7.09. The molecule has 1 unspecified atom stereocenters. The molecule has 0 aliphatic carbocycles. The van der Waals surface area contributed by atoms with Crippen LogP contribution in [0.4, 0.5) is 5.82 Å². The van der Waals surface area contributed by atoms with Crippen LogP contribution >= 0.6 is 11.3 Å². The van der Waals surface area contributed by atoms with Crippen molar-refractivity contribution < 1.29 is 4.74 Å². The lowest BCUT2D eigenvalue weighted by atomic mass is 10.0. The fraction of sp³-hybridized carbons (Fsp3) is 0.500. The van der Waals surface area contributed by atoms with Crippen molar-refractivity contribution >= 4 is 17.2 Å². The van der Waals surface area contributed by atoms with E-state index in [1.165, 1.54) is 0 Å². The van der Waals surface area contributed by atoms with Gasteiger partial charge in [-0.25, -0.2) is 15.0 Å². The lowest BCUT2D eigenvalue weighted by Crippen LogP contribution is -2.18. The van der Waals surface area contributed by atoms with Crippen molar-refractivity contribution in [2.45, 2.75) is 25.8 Å². The molecule has 3 rings (SSSR count). The molecular weight excluding hydrogens is 272 g/mol. The molecule has 0 spiro atoms. The third-order valence-electron chi connectivity index (χ3n) is 3.45. The fourth-order valence-corrected chi connectivity index (χ4v) is 3.14. The van der Waals surface area contributed by atoms with E-state index in [4.69, 9.17) is 4.74 Å². The average molecular weight is 290 g/mol. The highest BCUT2D eigenvalue weighted by Gasteiger charge is 2.20. The number of hydrogen-bond acceptors (Lipinski definition) is 6. The van der Waals surface area contributed by atoms with Gasteiger partial charge in [0.25, 0.3) is 0 Å². The Morgan fingerprint density at radius 2 is 2.35 bits per heavy atom. The van der Waals surface area contributed by atoms with Crippen molar-refractivity contribution in [2.24, 2.45) is 0 Å². The molecule has 1 aliphatic heterocycles. The standard InChI is InChI=1S/C14H18N4OS/c1-10-8-20-14(17-10)6-18(2)13-5-12(15-9-16-13)11-3-4-19-7-11/h5,8-9,11H,3-4,6-7H2,1-2H3. The summed E-state index contributed by atoms with van der Waals surface area (Å²) in [6.07, 6.45) is 2.69. The van der Waals surface area contributed by atoms with Crippen LogP contribution < -0.4 is 4.90 Å². The summed E-state index contributed by atoms with van der Waals surface area (Å²) >= 11 is 1.69. The molecule has 0 amide bonds. The molecule has 0 radical (unpaired) electrons. The van der Waals surface area contributed by atoms with Gasteiger partial charge in [0.2, 0.25) is 0 Å². The monoisotopic (exact) mass is 290 g/mol. The first kappa shape index (κ1) is 13.5. The largest absolute Gasteiger partial charge is 0.381 e. The Morgan fingerprint density at radius 1 is 1.45 bits per heavy atom. The first-order valence-corrected chi connectivity index (χ1v) is 7.62. The van der Waals surface area contributed by atoms with Gasteiger partial charge >= 0.3 is 0 Å². The molecule has 5 nitrogen and oxygen atoms in total. The summed E-state index contributed by atoms with van der Waals surface area (Å²) < 4.78 is 5.43. The van der Waals surface area contributed by atoms with Gasteiger partial charge in [-0.1, -0.05) is 0 Å². The minimum absolute atomic E-state index is 0.409. The fourth-order valence-electron chi connectivity index (χ4n) is 2.32. The second-order valence-electron chi connectivity index (χ2n) is 5.10. The minimum atomic E-state index is 0.409. The van der Waals surface area contributed by atoms with E-state index in [1.807, 2.05) is 14.0 Å². The van der Waals surface area contributed by atoms with Gasteiger partial charge in [-0.15, -0.1) is 11.3 Å². The second kappa shape index (κ2) is 5.85. The van der Waals surface area contributed by atoms with Crippen molar-refractivity contribution in [3.05, 3.63) is 34.2 Å². The van der Waals surface area contributed by atoms with Crippen molar-refractivity contribution in [1.29, 1.82) is 0 Å². The maximum atomic E-state index is 5.43. The summed E-state index contributed by atoms with van der Waals surface area (Å²) in [6, 6.07) is 2.07. The summed E-state index contributed by atoms with van der Waals surface area (Å²) in [6.45, 7) is 4.39. The van der Waals surface area contributed by atoms with Gasteiger partial charge < -0.3 is 9.64 Å². The van der Waals surface area contributed by atoms with E-state index < -0.39 is 0 Å². The normalized spacial score (nSPS) is 18.4. The van der Waals surface area contributed by atoms with Gasteiger partial charge in [-0.2, -0.15) is 0 Å². The smallest absolute Gasteiger partial charge is 0.132 e. The molecule has 1 aliphatic rings. The molecule has 0 saturated carbocycles. The quantitative estimate of drug-likeness (QED) is 0.865. The van der Waals surface area contributed by atoms with Crippen LogP contribution in [0.1, 0.15) is 28.7 Å². The van der Waals surface area contributed by atoms with Gasteiger partial charge in [0.05, 0.1) is 18.8 Å². The van der Waals surface area contributed by atoms with Gasteiger partial charge in [-0.05, 0) is 13.3 Å². The van der Waals surface area contributed by atoms with Crippen molar-refractivity contribution in [2.75, 3.05) is 25.2 Å². The first-order valence-electron chi connectivity index (χ1n) is 6.74. The van der Waals surface area contributed by atoms with E-state index in [9.17, 15) is 0 Å². The number of hydrogen-bond donors (Lipinski definition) is 0. The van der Waals surface area contributed by atoms with Crippen molar-refractivity contribution in [3.8, 4) is 0 Å². The average Bonchev–Trinajstić information content (AvgIpc) is 3.11. The number of nitrogens with zero attached hydrogens (tertiary/aromatic N) is 4. The number of thiazole rings is 1. The molecule has 20 heavy (non-hydrogen) atoms. The molecule has 1 fully saturated rings. The third-order valence-corrected chi connectivity index (χ3v) is 4.40. The number of rotatable bonds is 4. The molecule has 1 saturated heterocycles. The Kier molecular flexibility index (Phi) is 3.93. The van der Waals surface area contributed by atoms with Crippen LogP contribution in [0.3, 0.4) is 0 Å². The minimum Gasteiger partial charge on any atom is -0.381 e. The van der Waals surface area contributed by atoms with Gasteiger partial charge in [0.15, 0.2) is 0 Å². The summed E-state index contributed by atoms with van der Waals surface area (Å²) in [7, 11) is 2.04. The van der Waals surface area contributed by atoms with Crippen LogP contribution in [0.15, 0.2) is 17.8 Å². The summed E-state index contributed by atoms with van der Waals surface area (Å²) in [5.41, 5.74) is 2.15. The maximum absolute atomic E-state index is 5.43. The molecule has 2 aromatic heterocycles. The van der Waals surface area contributed by atoms with Crippen LogP contribution in [0, 0.1) is 6.92 Å². The zero-order chi connectivity index (χ0) is 13.9. The van der Waals surface area contributed by atoms with Crippen LogP contribution in [-0.2, 0) is 11.3 Å². The lowest BCUT2D eigenvalue weighted by molar-refractivity contribution is 0.193. The van der Waals surface area contributed by atoms with Crippen LogP contribution in [0.25, 0.3) is 0 Å². The summed E-state index contributed by atoms with van der Waals surface area (Å²) in [5.74, 6) is 1.35. The molecule has 0 aromatic carbocycles. The van der Waals surface area contributed by atoms with Gasteiger partial charge in [0, 0.05) is 36.7 Å². The Labute approximate surface area is 122 Å². The third kappa shape index (κ3) is 2.96. The predicted molar refractivity (Wildman–Crippen MR) is 79.2 cm³/mol. The number of aryl methyl sites for hydroxylation is 1. The van der Waals surface area contributed by atoms with Gasteiger partial charge in [-0.3, -0.25) is 0 Å². The van der Waals surface area contributed by atoms with Crippen molar-refractivity contribution in [3.63, 3.8) is 0 Å². The van der Waals surface area contributed by atoms with E-state index in [2.05, 4.69) is 31.3 Å². The van der Waals surface area contributed by atoms with Crippen LogP contribution in [0.2, 0.25) is 0 Å². The van der Waals surface area contributed by atoms with E-state index in [1.54, 1.807) is 17.7 Å². The lowest BCUT2D eigenvalue weighted by Gasteiger charge is -2.18. The van der Waals surface area contributed by atoms with E-state index >= 15 is 0 Å². The first-order chi connectivity index (χ1) is 9.72. The summed E-state index contributed by atoms with van der Waals surface area (Å²) in [4.78, 5) is 15.3. The number of anilines is 1. The Hall–Kier alpha value is -1.53. The van der Waals surface area contributed by atoms with E-state index in [-0.39, 0.29) is 0 Å². The zero-order valence-electron chi connectivity index (χ0n) is 11.7. The Morgan fingerprint density at radius 3 is 3.05 bits per heavy atom.